The summed E-state index contributed by atoms with van der Waals surface area (Å²) in [6.45, 7) is 3.54. The zero-order chi connectivity index (χ0) is 32.6. The molecule has 1 N–H and O–H groups in total. The van der Waals surface area contributed by atoms with Crippen molar-refractivity contribution in [3.63, 3.8) is 0 Å². The van der Waals surface area contributed by atoms with E-state index in [1.165, 1.54) is 29.2 Å². The molecule has 2 amide bonds. The molecule has 4 rings (SSSR count). The fourth-order valence-corrected chi connectivity index (χ4v) is 6.74. The van der Waals surface area contributed by atoms with E-state index in [4.69, 9.17) is 34.8 Å². The summed E-state index contributed by atoms with van der Waals surface area (Å²) in [7, 11) is -4.22. The minimum Gasteiger partial charge on any atom is -0.354 e. The molecule has 0 saturated carbocycles. The molecule has 0 aliphatic carbocycles. The number of amides is 2. The van der Waals surface area contributed by atoms with E-state index in [0.29, 0.717) is 33.6 Å². The van der Waals surface area contributed by atoms with Crippen molar-refractivity contribution >= 4 is 62.3 Å². The lowest BCUT2D eigenvalue weighted by atomic mass is 10.0. The summed E-state index contributed by atoms with van der Waals surface area (Å²) in [6.07, 6.45) is 0.888. The van der Waals surface area contributed by atoms with E-state index in [2.05, 4.69) is 5.32 Å². The molecule has 0 radical (unpaired) electrons. The van der Waals surface area contributed by atoms with Crippen LogP contribution in [0.3, 0.4) is 0 Å². The molecule has 0 aliphatic heterocycles. The molecule has 236 valence electrons. The van der Waals surface area contributed by atoms with Gasteiger partial charge in [0, 0.05) is 34.6 Å². The van der Waals surface area contributed by atoms with E-state index < -0.39 is 28.5 Å². The molecule has 0 heterocycles. The smallest absolute Gasteiger partial charge is 0.264 e. The molecule has 0 aromatic heterocycles. The summed E-state index contributed by atoms with van der Waals surface area (Å²) < 4.78 is 29.2. The summed E-state index contributed by atoms with van der Waals surface area (Å²) in [4.78, 5) is 29.6. The first-order chi connectivity index (χ1) is 21.5. The number of nitrogens with one attached hydrogen (secondary N) is 1. The Morgan fingerprint density at radius 1 is 0.844 bits per heavy atom. The van der Waals surface area contributed by atoms with Crippen molar-refractivity contribution in [1.82, 2.24) is 10.2 Å². The van der Waals surface area contributed by atoms with Crippen LogP contribution in [0.1, 0.15) is 30.0 Å². The summed E-state index contributed by atoms with van der Waals surface area (Å²) in [5, 5.41) is 4.06. The number of sulfonamides is 1. The van der Waals surface area contributed by atoms with Gasteiger partial charge in [0.15, 0.2) is 0 Å². The lowest BCUT2D eigenvalue weighted by Crippen LogP contribution is -2.53. The first-order valence-corrected chi connectivity index (χ1v) is 17.0. The van der Waals surface area contributed by atoms with E-state index >= 15 is 0 Å². The van der Waals surface area contributed by atoms with Crippen molar-refractivity contribution in [1.29, 1.82) is 0 Å². The Kier molecular flexibility index (Phi) is 11.9. The maximum absolute atomic E-state index is 14.5. The third kappa shape index (κ3) is 9.01. The molecule has 0 bridgehead atoms. The number of aryl methyl sites for hydroxylation is 1. The third-order valence-electron chi connectivity index (χ3n) is 7.18. The van der Waals surface area contributed by atoms with Crippen molar-refractivity contribution in [2.24, 2.45) is 0 Å². The highest BCUT2D eigenvalue weighted by Crippen LogP contribution is 2.28. The van der Waals surface area contributed by atoms with Gasteiger partial charge in [0.05, 0.1) is 10.6 Å². The first kappa shape index (κ1) is 34.3. The number of anilines is 1. The minimum atomic E-state index is -4.22. The quantitative estimate of drug-likeness (QED) is 0.160. The molecule has 0 spiro atoms. The van der Waals surface area contributed by atoms with Crippen molar-refractivity contribution in [2.45, 2.75) is 44.2 Å². The van der Waals surface area contributed by atoms with Crippen molar-refractivity contribution < 1.29 is 18.0 Å². The van der Waals surface area contributed by atoms with E-state index in [1.807, 2.05) is 44.2 Å². The number of nitrogens with zero attached hydrogens (tertiary/aromatic N) is 2. The van der Waals surface area contributed by atoms with E-state index in [9.17, 15) is 18.0 Å². The second-order valence-corrected chi connectivity index (χ2v) is 13.7. The highest BCUT2D eigenvalue weighted by Gasteiger charge is 2.35. The van der Waals surface area contributed by atoms with Gasteiger partial charge in [-0.25, -0.2) is 8.42 Å². The standard InChI is InChI=1S/C34H34Cl3N3O4S/c1-3-19-38-34(42)32(20-25-7-5-4-6-8-25)39(22-26-11-12-28(36)21-31(26)37)33(41)23-40(29-15-13-27(35)14-16-29)45(43,44)30-17-9-24(2)10-18-30/h4-18,21,32H,3,19-20,22-23H2,1-2H3,(H,38,42). The van der Waals surface area contributed by atoms with Crippen LogP contribution in [0.5, 0.6) is 0 Å². The predicted molar refractivity (Wildman–Crippen MR) is 181 cm³/mol. The summed E-state index contributed by atoms with van der Waals surface area (Å²) in [5.41, 5.74) is 2.51. The van der Waals surface area contributed by atoms with E-state index in [-0.39, 0.29) is 29.5 Å². The van der Waals surface area contributed by atoms with Gasteiger partial charge in [0.1, 0.15) is 12.6 Å². The Hall–Kier alpha value is -3.56. The Labute approximate surface area is 279 Å². The van der Waals surface area contributed by atoms with Crippen molar-refractivity contribution in [3.8, 4) is 0 Å². The fraction of sp³-hybridized carbons (Fsp3) is 0.235. The Morgan fingerprint density at radius 3 is 2.11 bits per heavy atom. The van der Waals surface area contributed by atoms with Crippen LogP contribution in [-0.4, -0.2) is 44.3 Å². The maximum Gasteiger partial charge on any atom is 0.264 e. The number of benzene rings is 4. The number of hydrogen-bond acceptors (Lipinski definition) is 4. The van der Waals surface area contributed by atoms with Gasteiger partial charge in [-0.05, 0) is 73.0 Å². The Balaban J connectivity index is 1.81. The van der Waals surface area contributed by atoms with Crippen LogP contribution in [0.2, 0.25) is 15.1 Å². The SMILES string of the molecule is CCCNC(=O)C(Cc1ccccc1)N(Cc1ccc(Cl)cc1Cl)C(=O)CN(c1ccc(Cl)cc1)S(=O)(=O)c1ccc(C)cc1. The van der Waals surface area contributed by atoms with Crippen molar-refractivity contribution in [2.75, 3.05) is 17.4 Å². The van der Waals surface area contributed by atoms with Gasteiger partial charge in [0.25, 0.3) is 10.0 Å². The predicted octanol–water partition coefficient (Wildman–Crippen LogP) is 7.32. The van der Waals surface area contributed by atoms with Crippen LogP contribution in [-0.2, 0) is 32.6 Å². The molecular weight excluding hydrogens is 653 g/mol. The van der Waals surface area contributed by atoms with Crippen LogP contribution >= 0.6 is 34.8 Å². The molecule has 0 fully saturated rings. The van der Waals surface area contributed by atoms with E-state index in [1.54, 1.807) is 42.5 Å². The first-order valence-electron chi connectivity index (χ1n) is 14.4. The lowest BCUT2D eigenvalue weighted by Gasteiger charge is -2.34. The molecular formula is C34H34Cl3N3O4S. The van der Waals surface area contributed by atoms with Crippen LogP contribution in [0.25, 0.3) is 0 Å². The molecule has 1 atom stereocenters. The number of carbonyl (C=O) groups excluding carboxylic acids is 2. The highest BCUT2D eigenvalue weighted by molar-refractivity contribution is 7.92. The monoisotopic (exact) mass is 685 g/mol. The van der Waals surface area contributed by atoms with Gasteiger partial charge in [-0.3, -0.25) is 13.9 Å². The number of hydrogen-bond donors (Lipinski definition) is 1. The second kappa shape index (κ2) is 15.6. The average molecular weight is 687 g/mol. The number of halogens is 3. The van der Waals surface area contributed by atoms with Crippen LogP contribution in [0, 0.1) is 6.92 Å². The zero-order valence-corrected chi connectivity index (χ0v) is 28.0. The Morgan fingerprint density at radius 2 is 1.49 bits per heavy atom. The number of carbonyl (C=O) groups is 2. The summed E-state index contributed by atoms with van der Waals surface area (Å²) in [6, 6.07) is 25.8. The molecule has 4 aromatic rings. The average Bonchev–Trinajstić information content (AvgIpc) is 3.02. The molecule has 0 saturated heterocycles. The zero-order valence-electron chi connectivity index (χ0n) is 24.9. The van der Waals surface area contributed by atoms with Crippen LogP contribution < -0.4 is 9.62 Å². The van der Waals surface area contributed by atoms with Gasteiger partial charge >= 0.3 is 0 Å². The molecule has 4 aromatic carbocycles. The molecule has 1 unspecified atom stereocenters. The largest absolute Gasteiger partial charge is 0.354 e. The Bertz CT molecular complexity index is 1720. The van der Waals surface area contributed by atoms with E-state index in [0.717, 1.165) is 15.4 Å². The fourth-order valence-electron chi connectivity index (χ4n) is 4.73. The normalized spacial score (nSPS) is 11.9. The topological polar surface area (TPSA) is 86.8 Å². The maximum atomic E-state index is 14.5. The minimum absolute atomic E-state index is 0.0182. The summed E-state index contributed by atoms with van der Waals surface area (Å²) in [5.74, 6) is -0.960. The molecule has 7 nitrogen and oxygen atoms in total. The highest BCUT2D eigenvalue weighted by atomic mass is 35.5. The third-order valence-corrected chi connectivity index (χ3v) is 9.81. The molecule has 0 aliphatic rings. The number of rotatable bonds is 13. The lowest BCUT2D eigenvalue weighted by molar-refractivity contribution is -0.140. The molecule has 11 heteroatoms. The second-order valence-electron chi connectivity index (χ2n) is 10.6. The van der Waals surface area contributed by atoms with Gasteiger partial charge in [-0.1, -0.05) is 95.8 Å². The van der Waals surface area contributed by atoms with Gasteiger partial charge in [-0.15, -0.1) is 0 Å². The van der Waals surface area contributed by atoms with Crippen LogP contribution in [0.15, 0.2) is 102 Å². The molecule has 45 heavy (non-hydrogen) atoms. The van der Waals surface area contributed by atoms with Gasteiger partial charge in [-0.2, -0.15) is 0 Å². The van der Waals surface area contributed by atoms with Gasteiger partial charge in [0.2, 0.25) is 11.8 Å². The van der Waals surface area contributed by atoms with Crippen molar-refractivity contribution in [3.05, 3.63) is 129 Å². The summed E-state index contributed by atoms with van der Waals surface area (Å²) >= 11 is 18.8. The van der Waals surface area contributed by atoms with Crippen LogP contribution in [0.4, 0.5) is 5.69 Å². The van der Waals surface area contributed by atoms with Gasteiger partial charge < -0.3 is 10.2 Å².